The van der Waals surface area contributed by atoms with Crippen molar-refractivity contribution in [2.75, 3.05) is 0 Å². The number of hydrogen-bond acceptors (Lipinski definition) is 4. The van der Waals surface area contributed by atoms with E-state index in [0.29, 0.717) is 23.7 Å². The van der Waals surface area contributed by atoms with Gasteiger partial charge in [-0.05, 0) is 56.3 Å². The fraction of sp³-hybridized carbons (Fsp3) is 0.833. The van der Waals surface area contributed by atoms with Crippen molar-refractivity contribution in [1.82, 2.24) is 0 Å². The van der Waals surface area contributed by atoms with Gasteiger partial charge in [-0.1, -0.05) is 45.1 Å². The molecule has 5 rings (SSSR count). The molecule has 5 unspecified atom stereocenters. The molecule has 154 valence electrons. The molecule has 4 saturated carbocycles. The largest absolute Gasteiger partial charge is 0.462 e. The van der Waals surface area contributed by atoms with Gasteiger partial charge in [0.15, 0.2) is 0 Å². The summed E-state index contributed by atoms with van der Waals surface area (Å²) >= 11 is 0. The zero-order valence-corrected chi connectivity index (χ0v) is 16.9. The third kappa shape index (κ3) is 2.69. The predicted molar refractivity (Wildman–Crippen MR) is 105 cm³/mol. The van der Waals surface area contributed by atoms with E-state index in [2.05, 4.69) is 6.58 Å². The molecule has 4 heteroatoms. The minimum atomic E-state index is -0.496. The van der Waals surface area contributed by atoms with Gasteiger partial charge in [0.25, 0.3) is 0 Å². The molecule has 5 aliphatic rings. The Kier molecular flexibility index (Phi) is 4.79. The number of carbonyl (C=O) groups excluding carboxylic acids is 2. The first-order chi connectivity index (χ1) is 13.6. The summed E-state index contributed by atoms with van der Waals surface area (Å²) in [5.74, 6) is 1.38. The van der Waals surface area contributed by atoms with Crippen LogP contribution in [0.5, 0.6) is 0 Å². The molecule has 5 fully saturated rings. The fourth-order valence-electron chi connectivity index (χ4n) is 8.07. The molecule has 0 spiro atoms. The van der Waals surface area contributed by atoms with E-state index in [1.165, 1.54) is 44.6 Å². The Labute approximate surface area is 168 Å². The zero-order chi connectivity index (χ0) is 19.3. The molecule has 4 nitrogen and oxygen atoms in total. The van der Waals surface area contributed by atoms with Crippen molar-refractivity contribution in [1.29, 1.82) is 0 Å². The molecule has 0 aromatic heterocycles. The van der Waals surface area contributed by atoms with Crippen LogP contribution in [0.25, 0.3) is 0 Å². The van der Waals surface area contributed by atoms with Gasteiger partial charge < -0.3 is 9.47 Å². The highest BCUT2D eigenvalue weighted by atomic mass is 16.6. The SMILES string of the molecule is C=CC(=O)OC(C1CCCCC1)(C1CCCCC1)C1C2CC3OC(=O)C1C3C2. The summed E-state index contributed by atoms with van der Waals surface area (Å²) in [7, 11) is 0. The smallest absolute Gasteiger partial charge is 0.330 e. The Morgan fingerprint density at radius 2 is 1.61 bits per heavy atom. The maximum atomic E-state index is 12.9. The summed E-state index contributed by atoms with van der Waals surface area (Å²) in [6, 6.07) is 0. The average molecular weight is 387 g/mol. The predicted octanol–water partition coefficient (Wildman–Crippen LogP) is 4.81. The number of rotatable bonds is 5. The van der Waals surface area contributed by atoms with E-state index >= 15 is 0 Å². The van der Waals surface area contributed by atoms with E-state index < -0.39 is 5.60 Å². The second-order valence-corrected chi connectivity index (χ2v) is 10.1. The molecule has 1 saturated heterocycles. The maximum Gasteiger partial charge on any atom is 0.330 e. The van der Waals surface area contributed by atoms with Crippen LogP contribution in [-0.4, -0.2) is 23.6 Å². The van der Waals surface area contributed by atoms with Crippen LogP contribution < -0.4 is 0 Å². The first-order valence-electron chi connectivity index (χ1n) is 11.7. The van der Waals surface area contributed by atoms with Gasteiger partial charge in [0.05, 0.1) is 5.92 Å². The number of ether oxygens (including phenoxy) is 2. The molecular weight excluding hydrogens is 352 g/mol. The third-order valence-corrected chi connectivity index (χ3v) is 8.93. The lowest BCUT2D eigenvalue weighted by Crippen LogP contribution is -2.59. The second kappa shape index (κ2) is 7.18. The number of carbonyl (C=O) groups is 2. The van der Waals surface area contributed by atoms with Crippen LogP contribution in [0, 0.1) is 35.5 Å². The van der Waals surface area contributed by atoms with Gasteiger partial charge in [-0.25, -0.2) is 4.79 Å². The Morgan fingerprint density at radius 1 is 1.00 bits per heavy atom. The number of fused-ring (bicyclic) bond motifs is 1. The number of esters is 2. The number of hydrogen-bond donors (Lipinski definition) is 0. The molecule has 1 heterocycles. The topological polar surface area (TPSA) is 52.6 Å². The van der Waals surface area contributed by atoms with Gasteiger partial charge in [0.2, 0.25) is 0 Å². The van der Waals surface area contributed by atoms with Crippen molar-refractivity contribution in [3.63, 3.8) is 0 Å². The van der Waals surface area contributed by atoms with Gasteiger partial charge in [-0.15, -0.1) is 0 Å². The molecular formula is C24H34O4. The molecule has 0 amide bonds. The van der Waals surface area contributed by atoms with E-state index in [-0.39, 0.29) is 29.9 Å². The van der Waals surface area contributed by atoms with Gasteiger partial charge in [0.1, 0.15) is 11.7 Å². The van der Waals surface area contributed by atoms with Gasteiger partial charge in [-0.3, -0.25) is 4.79 Å². The second-order valence-electron chi connectivity index (χ2n) is 10.1. The van der Waals surface area contributed by atoms with Gasteiger partial charge in [-0.2, -0.15) is 0 Å². The summed E-state index contributed by atoms with van der Waals surface area (Å²) in [5.41, 5.74) is -0.496. The molecule has 4 aliphatic carbocycles. The van der Waals surface area contributed by atoms with Crippen LogP contribution in [0.3, 0.4) is 0 Å². The van der Waals surface area contributed by atoms with Crippen molar-refractivity contribution in [2.45, 2.75) is 88.8 Å². The van der Waals surface area contributed by atoms with E-state index in [1.807, 2.05) is 0 Å². The van der Waals surface area contributed by atoms with Crippen molar-refractivity contribution in [3.8, 4) is 0 Å². The summed E-state index contributed by atoms with van der Waals surface area (Å²) in [6.07, 6.45) is 15.4. The molecule has 0 aromatic carbocycles. The summed E-state index contributed by atoms with van der Waals surface area (Å²) in [5, 5.41) is 0. The normalized spacial score (nSPS) is 38.4. The quantitative estimate of drug-likeness (QED) is 0.502. The Bertz CT molecular complexity index is 623. The minimum absolute atomic E-state index is 0.00866. The van der Waals surface area contributed by atoms with Crippen molar-refractivity contribution >= 4 is 11.9 Å². The van der Waals surface area contributed by atoms with Crippen LogP contribution in [0.4, 0.5) is 0 Å². The third-order valence-electron chi connectivity index (χ3n) is 8.93. The van der Waals surface area contributed by atoms with Crippen LogP contribution in [-0.2, 0) is 19.1 Å². The first kappa shape index (κ1) is 18.7. The van der Waals surface area contributed by atoms with Crippen molar-refractivity contribution < 1.29 is 19.1 Å². The highest BCUT2D eigenvalue weighted by Gasteiger charge is 2.70. The van der Waals surface area contributed by atoms with Gasteiger partial charge >= 0.3 is 11.9 Å². The van der Waals surface area contributed by atoms with E-state index in [4.69, 9.17) is 9.47 Å². The van der Waals surface area contributed by atoms with E-state index in [1.54, 1.807) is 0 Å². The Morgan fingerprint density at radius 3 is 2.18 bits per heavy atom. The highest BCUT2D eigenvalue weighted by molar-refractivity contribution is 5.82. The van der Waals surface area contributed by atoms with Crippen molar-refractivity contribution in [2.24, 2.45) is 35.5 Å². The first-order valence-corrected chi connectivity index (χ1v) is 11.7. The Balaban J connectivity index is 1.60. The molecule has 5 atom stereocenters. The lowest BCUT2D eigenvalue weighted by atomic mass is 9.56. The summed E-state index contributed by atoms with van der Waals surface area (Å²) in [4.78, 5) is 25.6. The van der Waals surface area contributed by atoms with Crippen LogP contribution in [0.2, 0.25) is 0 Å². The molecule has 2 bridgehead atoms. The minimum Gasteiger partial charge on any atom is -0.462 e. The monoisotopic (exact) mass is 386 g/mol. The highest BCUT2D eigenvalue weighted by Crippen LogP contribution is 2.65. The van der Waals surface area contributed by atoms with Crippen LogP contribution >= 0.6 is 0 Å². The van der Waals surface area contributed by atoms with Crippen molar-refractivity contribution in [3.05, 3.63) is 12.7 Å². The molecule has 0 radical (unpaired) electrons. The van der Waals surface area contributed by atoms with E-state index in [0.717, 1.165) is 38.5 Å². The molecule has 28 heavy (non-hydrogen) atoms. The fourth-order valence-corrected chi connectivity index (χ4v) is 8.07. The summed E-state index contributed by atoms with van der Waals surface area (Å²) in [6.45, 7) is 3.71. The standard InChI is InChI=1S/C24H34O4/c1-2-20(25)28-24(16-9-5-3-6-10-16,17-11-7-4-8-12-17)22-15-13-18-19(14-15)27-23(26)21(18)22/h2,15-19,21-22H,1,3-14H2. The van der Waals surface area contributed by atoms with Crippen LogP contribution in [0.1, 0.15) is 77.0 Å². The zero-order valence-electron chi connectivity index (χ0n) is 16.9. The molecule has 0 aromatic rings. The Hall–Kier alpha value is -1.32. The molecule has 0 N–H and O–H groups in total. The average Bonchev–Trinajstić information content (AvgIpc) is 3.36. The lowest BCUT2D eigenvalue weighted by molar-refractivity contribution is -0.201. The summed E-state index contributed by atoms with van der Waals surface area (Å²) < 4.78 is 12.3. The molecule has 1 aliphatic heterocycles. The van der Waals surface area contributed by atoms with Gasteiger partial charge in [0, 0.05) is 17.9 Å². The maximum absolute atomic E-state index is 12.9. The van der Waals surface area contributed by atoms with Crippen LogP contribution in [0.15, 0.2) is 12.7 Å². The lowest BCUT2D eigenvalue weighted by Gasteiger charge is -2.54. The van der Waals surface area contributed by atoms with E-state index in [9.17, 15) is 9.59 Å².